The zero-order valence-corrected chi connectivity index (χ0v) is 13.7. The highest BCUT2D eigenvalue weighted by molar-refractivity contribution is 5.92. The number of carbonyl (C=O) groups excluding carboxylic acids is 1. The van der Waals surface area contributed by atoms with Crippen LogP contribution in [0.25, 0.3) is 10.9 Å². The molecule has 0 atom stereocenters. The van der Waals surface area contributed by atoms with Crippen molar-refractivity contribution in [2.45, 2.75) is 33.2 Å². The number of aryl methyl sites for hydroxylation is 2. The second kappa shape index (κ2) is 6.49. The Kier molecular flexibility index (Phi) is 4.40. The van der Waals surface area contributed by atoms with Crippen LogP contribution in [-0.2, 0) is 11.4 Å². The normalized spacial score (nSPS) is 14.2. The lowest BCUT2D eigenvalue weighted by Crippen LogP contribution is -2.33. The van der Waals surface area contributed by atoms with Gasteiger partial charge < -0.3 is 14.7 Å². The second-order valence-electron chi connectivity index (χ2n) is 6.00. The number of amides is 1. The van der Waals surface area contributed by atoms with E-state index in [0.717, 1.165) is 24.1 Å². The van der Waals surface area contributed by atoms with Gasteiger partial charge in [-0.3, -0.25) is 0 Å². The zero-order valence-electron chi connectivity index (χ0n) is 13.7. The molecule has 126 valence electrons. The molecular weight excluding hydrogens is 311 g/mol. The molecule has 1 aliphatic heterocycles. The maximum atomic E-state index is 14.4. The summed E-state index contributed by atoms with van der Waals surface area (Å²) in [7, 11) is 0. The van der Waals surface area contributed by atoms with E-state index in [-0.39, 0.29) is 12.1 Å². The standard InChI is InChI=1S/C17H19FN4O2/c1-10-11(2)21-16-12(8-19)7-14(18)13(15(10)16)9-20-24-17(23)22-5-3-4-6-22/h7,20-21H,3-6,9H2,1-2H3. The van der Waals surface area contributed by atoms with Crippen molar-refractivity contribution in [2.75, 3.05) is 13.1 Å². The van der Waals surface area contributed by atoms with E-state index in [1.807, 2.05) is 19.9 Å². The SMILES string of the molecule is Cc1[nH]c2c(C#N)cc(F)c(CNOC(=O)N3CCCC3)c2c1C. The summed E-state index contributed by atoms with van der Waals surface area (Å²) in [5.74, 6) is -0.495. The van der Waals surface area contributed by atoms with Crippen molar-refractivity contribution < 1.29 is 14.0 Å². The van der Waals surface area contributed by atoms with E-state index in [9.17, 15) is 14.4 Å². The van der Waals surface area contributed by atoms with Gasteiger partial charge in [-0.1, -0.05) is 0 Å². The van der Waals surface area contributed by atoms with E-state index in [1.54, 1.807) is 4.90 Å². The molecule has 0 unspecified atom stereocenters. The minimum atomic E-state index is -0.495. The number of H-pyrrole nitrogens is 1. The molecule has 0 bridgehead atoms. The number of aromatic amines is 1. The lowest BCUT2D eigenvalue weighted by atomic mass is 10.0. The van der Waals surface area contributed by atoms with Crippen LogP contribution < -0.4 is 5.48 Å². The van der Waals surface area contributed by atoms with Crippen LogP contribution in [0.5, 0.6) is 0 Å². The van der Waals surface area contributed by atoms with Gasteiger partial charge in [-0.15, -0.1) is 5.48 Å². The summed E-state index contributed by atoms with van der Waals surface area (Å²) in [6.45, 7) is 5.15. The van der Waals surface area contributed by atoms with Crippen molar-refractivity contribution in [3.05, 3.63) is 34.3 Å². The minimum Gasteiger partial charge on any atom is -0.357 e. The summed E-state index contributed by atoms with van der Waals surface area (Å²) in [6.07, 6.45) is 1.50. The van der Waals surface area contributed by atoms with E-state index < -0.39 is 11.9 Å². The van der Waals surface area contributed by atoms with Crippen molar-refractivity contribution in [2.24, 2.45) is 0 Å². The number of rotatable bonds is 3. The van der Waals surface area contributed by atoms with Crippen molar-refractivity contribution >= 4 is 17.0 Å². The summed E-state index contributed by atoms with van der Waals surface area (Å²) in [6, 6.07) is 3.21. The number of hydrogen-bond acceptors (Lipinski definition) is 4. The largest absolute Gasteiger partial charge is 0.428 e. The fraction of sp³-hybridized carbons (Fsp3) is 0.412. The lowest BCUT2D eigenvalue weighted by molar-refractivity contribution is 0.0578. The summed E-state index contributed by atoms with van der Waals surface area (Å²) in [5, 5.41) is 9.85. The van der Waals surface area contributed by atoms with Gasteiger partial charge in [0.25, 0.3) is 0 Å². The molecular formula is C17H19FN4O2. The average molecular weight is 330 g/mol. The lowest BCUT2D eigenvalue weighted by Gasteiger charge is -2.15. The third-order valence-corrected chi connectivity index (χ3v) is 4.52. The first-order valence-electron chi connectivity index (χ1n) is 7.92. The third-order valence-electron chi connectivity index (χ3n) is 4.52. The first-order valence-corrected chi connectivity index (χ1v) is 7.92. The van der Waals surface area contributed by atoms with E-state index >= 15 is 0 Å². The van der Waals surface area contributed by atoms with Gasteiger partial charge in [-0.05, 0) is 38.3 Å². The Balaban J connectivity index is 1.83. The molecule has 3 rings (SSSR count). The molecule has 0 spiro atoms. The Hall–Kier alpha value is -2.59. The molecule has 0 aliphatic carbocycles. The molecule has 7 heteroatoms. The van der Waals surface area contributed by atoms with Crippen molar-refractivity contribution in [3.63, 3.8) is 0 Å². The van der Waals surface area contributed by atoms with Gasteiger partial charge in [0.15, 0.2) is 0 Å². The van der Waals surface area contributed by atoms with E-state index in [2.05, 4.69) is 10.5 Å². The van der Waals surface area contributed by atoms with Crippen molar-refractivity contribution in [3.8, 4) is 6.07 Å². The quantitative estimate of drug-likeness (QED) is 0.848. The van der Waals surface area contributed by atoms with Crippen LogP contribution in [0.4, 0.5) is 9.18 Å². The number of hydrogen-bond donors (Lipinski definition) is 2. The molecule has 1 amide bonds. The summed E-state index contributed by atoms with van der Waals surface area (Å²) in [4.78, 5) is 21.6. The molecule has 2 N–H and O–H groups in total. The fourth-order valence-corrected chi connectivity index (χ4v) is 3.10. The smallest absolute Gasteiger partial charge is 0.357 e. The summed E-state index contributed by atoms with van der Waals surface area (Å²) < 4.78 is 14.4. The Morgan fingerprint density at radius 2 is 2.17 bits per heavy atom. The number of benzene rings is 1. The first kappa shape index (κ1) is 16.3. The van der Waals surface area contributed by atoms with Crippen LogP contribution in [0.1, 0.15) is 35.2 Å². The second-order valence-corrected chi connectivity index (χ2v) is 6.00. The van der Waals surface area contributed by atoms with Crippen LogP contribution in [0.3, 0.4) is 0 Å². The third kappa shape index (κ3) is 2.81. The van der Waals surface area contributed by atoms with Crippen LogP contribution >= 0.6 is 0 Å². The fourth-order valence-electron chi connectivity index (χ4n) is 3.10. The topological polar surface area (TPSA) is 81.1 Å². The van der Waals surface area contributed by atoms with Crippen molar-refractivity contribution in [1.29, 1.82) is 5.26 Å². The Morgan fingerprint density at radius 1 is 1.46 bits per heavy atom. The number of nitrogens with one attached hydrogen (secondary N) is 2. The highest BCUT2D eigenvalue weighted by Crippen LogP contribution is 2.30. The highest BCUT2D eigenvalue weighted by atomic mass is 19.1. The maximum absolute atomic E-state index is 14.4. The summed E-state index contributed by atoms with van der Waals surface area (Å²) >= 11 is 0. The average Bonchev–Trinajstić information content (AvgIpc) is 3.19. The molecule has 1 saturated heterocycles. The highest BCUT2D eigenvalue weighted by Gasteiger charge is 2.21. The van der Waals surface area contributed by atoms with Gasteiger partial charge in [-0.25, -0.2) is 9.18 Å². The molecule has 0 saturated carbocycles. The number of hydroxylamine groups is 1. The number of fused-ring (bicyclic) bond motifs is 1. The van der Waals surface area contributed by atoms with E-state index in [1.165, 1.54) is 6.07 Å². The number of carbonyl (C=O) groups is 1. The van der Waals surface area contributed by atoms with Crippen molar-refractivity contribution in [1.82, 2.24) is 15.4 Å². The molecule has 6 nitrogen and oxygen atoms in total. The van der Waals surface area contributed by atoms with Gasteiger partial charge in [0.2, 0.25) is 0 Å². The first-order chi connectivity index (χ1) is 11.5. The van der Waals surface area contributed by atoms with Gasteiger partial charge in [0.05, 0.1) is 17.6 Å². The van der Waals surface area contributed by atoms with Crippen LogP contribution in [-0.4, -0.2) is 29.1 Å². The monoisotopic (exact) mass is 330 g/mol. The Morgan fingerprint density at radius 3 is 2.83 bits per heavy atom. The van der Waals surface area contributed by atoms with E-state index in [4.69, 9.17) is 4.84 Å². The molecule has 1 aliphatic rings. The number of nitriles is 1. The van der Waals surface area contributed by atoms with Crippen LogP contribution in [0.2, 0.25) is 0 Å². The molecule has 1 aromatic heterocycles. The molecule has 1 aromatic carbocycles. The minimum absolute atomic E-state index is 0.0335. The Labute approximate surface area is 139 Å². The van der Waals surface area contributed by atoms with Gasteiger partial charge in [0, 0.05) is 29.7 Å². The molecule has 1 fully saturated rings. The van der Waals surface area contributed by atoms with E-state index in [0.29, 0.717) is 29.6 Å². The summed E-state index contributed by atoms with van der Waals surface area (Å²) in [5.41, 5.74) is 5.56. The zero-order chi connectivity index (χ0) is 17.3. The number of likely N-dealkylation sites (tertiary alicyclic amines) is 1. The van der Waals surface area contributed by atoms with Gasteiger partial charge >= 0.3 is 6.09 Å². The number of nitrogens with zero attached hydrogens (tertiary/aromatic N) is 2. The van der Waals surface area contributed by atoms with Gasteiger partial charge in [0.1, 0.15) is 11.9 Å². The number of halogens is 1. The van der Waals surface area contributed by atoms with Crippen LogP contribution in [0, 0.1) is 31.0 Å². The van der Waals surface area contributed by atoms with Gasteiger partial charge in [-0.2, -0.15) is 5.26 Å². The molecule has 2 heterocycles. The van der Waals surface area contributed by atoms with Crippen LogP contribution in [0.15, 0.2) is 6.07 Å². The molecule has 24 heavy (non-hydrogen) atoms. The Bertz CT molecular complexity index is 831. The predicted molar refractivity (Wildman–Crippen MR) is 86.6 cm³/mol. The maximum Gasteiger partial charge on any atom is 0.428 e. The predicted octanol–water partition coefficient (Wildman–Crippen LogP) is 3.03. The number of aromatic nitrogens is 1. The molecule has 0 radical (unpaired) electrons. The molecule has 2 aromatic rings.